The van der Waals surface area contributed by atoms with Gasteiger partial charge in [0.15, 0.2) is 0 Å². The molecule has 1 aliphatic rings. The number of benzene rings is 1. The van der Waals surface area contributed by atoms with Crippen LogP contribution in [0.3, 0.4) is 0 Å². The molecule has 1 saturated heterocycles. The van der Waals surface area contributed by atoms with E-state index in [2.05, 4.69) is 23.2 Å². The molecule has 0 saturated carbocycles. The first-order valence-electron chi connectivity index (χ1n) is 5.51. The summed E-state index contributed by atoms with van der Waals surface area (Å²) in [5.41, 5.74) is 7.20. The molecule has 3 rings (SSSR count). The molecule has 0 aliphatic carbocycles. The van der Waals surface area contributed by atoms with Crippen molar-refractivity contribution in [3.8, 4) is 0 Å². The van der Waals surface area contributed by atoms with E-state index in [0.29, 0.717) is 12.0 Å². The van der Waals surface area contributed by atoms with Gasteiger partial charge in [-0.25, -0.2) is 4.98 Å². The zero-order chi connectivity index (χ0) is 11.0. The number of fused-ring (bicyclic) bond motifs is 1. The van der Waals surface area contributed by atoms with Gasteiger partial charge in [0.2, 0.25) is 0 Å². The Morgan fingerprint density at radius 2 is 2.19 bits per heavy atom. The fourth-order valence-corrected chi connectivity index (χ4v) is 4.47. The second-order valence-corrected chi connectivity index (χ2v) is 6.43. The highest BCUT2D eigenvalue weighted by molar-refractivity contribution is 7.99. The van der Waals surface area contributed by atoms with Crippen LogP contribution in [0.2, 0.25) is 0 Å². The summed E-state index contributed by atoms with van der Waals surface area (Å²) >= 11 is 3.78. The number of thiazole rings is 1. The molecule has 2 unspecified atom stereocenters. The van der Waals surface area contributed by atoms with Gasteiger partial charge in [-0.2, -0.15) is 11.8 Å². The summed E-state index contributed by atoms with van der Waals surface area (Å²) in [4.78, 5) is 4.66. The lowest BCUT2D eigenvalue weighted by molar-refractivity contribution is 0.514. The maximum atomic E-state index is 6.08. The van der Waals surface area contributed by atoms with E-state index in [-0.39, 0.29) is 0 Å². The van der Waals surface area contributed by atoms with Crippen LogP contribution in [-0.2, 0) is 6.42 Å². The topological polar surface area (TPSA) is 38.9 Å². The summed E-state index contributed by atoms with van der Waals surface area (Å²) < 4.78 is 1.29. The van der Waals surface area contributed by atoms with Crippen LogP contribution < -0.4 is 5.73 Å². The van der Waals surface area contributed by atoms with Gasteiger partial charge in [-0.3, -0.25) is 0 Å². The summed E-state index contributed by atoms with van der Waals surface area (Å²) in [6.45, 7) is 0. The Morgan fingerprint density at radius 3 is 2.94 bits per heavy atom. The van der Waals surface area contributed by atoms with Gasteiger partial charge in [0.1, 0.15) is 0 Å². The van der Waals surface area contributed by atoms with Gasteiger partial charge >= 0.3 is 0 Å². The van der Waals surface area contributed by atoms with Gasteiger partial charge in [0.25, 0.3) is 0 Å². The van der Waals surface area contributed by atoms with Crippen LogP contribution in [0.1, 0.15) is 5.01 Å². The fraction of sp³-hybridized carbons (Fsp3) is 0.417. The summed E-state index contributed by atoms with van der Waals surface area (Å²) in [6, 6.07) is 8.69. The van der Waals surface area contributed by atoms with Crippen molar-refractivity contribution < 1.29 is 0 Å². The molecular formula is C12H14N2S2. The lowest BCUT2D eigenvalue weighted by Gasteiger charge is -2.11. The molecule has 1 aromatic heterocycles. The molecule has 2 nitrogen and oxygen atoms in total. The van der Waals surface area contributed by atoms with Crippen molar-refractivity contribution in [3.05, 3.63) is 29.3 Å². The first-order chi connectivity index (χ1) is 7.83. The Kier molecular flexibility index (Phi) is 2.88. The third-order valence-electron chi connectivity index (χ3n) is 3.02. The van der Waals surface area contributed by atoms with Gasteiger partial charge in [-0.15, -0.1) is 11.3 Å². The molecular weight excluding hydrogens is 236 g/mol. The van der Waals surface area contributed by atoms with Crippen LogP contribution in [0.25, 0.3) is 10.2 Å². The maximum Gasteiger partial charge on any atom is 0.0942 e. The van der Waals surface area contributed by atoms with E-state index in [4.69, 9.17) is 5.73 Å². The highest BCUT2D eigenvalue weighted by atomic mass is 32.2. The van der Waals surface area contributed by atoms with Gasteiger partial charge < -0.3 is 5.73 Å². The first-order valence-corrected chi connectivity index (χ1v) is 7.48. The molecule has 1 fully saturated rings. The molecule has 0 radical (unpaired) electrons. The maximum absolute atomic E-state index is 6.08. The highest BCUT2D eigenvalue weighted by Gasteiger charge is 2.25. The molecule has 0 spiro atoms. The number of nitrogens with zero attached hydrogens (tertiary/aromatic N) is 1. The summed E-state index contributed by atoms with van der Waals surface area (Å²) in [5.74, 6) is 2.91. The summed E-state index contributed by atoms with van der Waals surface area (Å²) in [7, 11) is 0. The van der Waals surface area contributed by atoms with Crippen molar-refractivity contribution in [1.82, 2.24) is 4.98 Å². The molecule has 2 atom stereocenters. The predicted molar refractivity (Wildman–Crippen MR) is 72.1 cm³/mol. The minimum absolute atomic E-state index is 0.358. The van der Waals surface area contributed by atoms with Crippen LogP contribution in [0.5, 0.6) is 0 Å². The molecule has 84 valence electrons. The number of hydrogen-bond donors (Lipinski definition) is 1. The molecule has 2 aromatic rings. The number of aromatic nitrogens is 1. The van der Waals surface area contributed by atoms with Crippen molar-refractivity contribution in [2.24, 2.45) is 11.7 Å². The molecule has 4 heteroatoms. The first kappa shape index (κ1) is 10.6. The molecule has 1 aromatic carbocycles. The van der Waals surface area contributed by atoms with E-state index in [1.807, 2.05) is 29.2 Å². The minimum Gasteiger partial charge on any atom is -0.327 e. The average Bonchev–Trinajstić information content (AvgIpc) is 2.85. The lowest BCUT2D eigenvalue weighted by atomic mass is 10.0. The monoisotopic (exact) mass is 250 g/mol. The molecule has 1 aliphatic heterocycles. The zero-order valence-corrected chi connectivity index (χ0v) is 10.6. The van der Waals surface area contributed by atoms with Gasteiger partial charge in [-0.05, 0) is 23.8 Å². The predicted octanol–water partition coefficient (Wildman–Crippen LogP) is 2.53. The summed E-state index contributed by atoms with van der Waals surface area (Å²) in [5, 5.41) is 1.24. The van der Waals surface area contributed by atoms with E-state index in [1.165, 1.54) is 15.5 Å². The van der Waals surface area contributed by atoms with Gasteiger partial charge in [0, 0.05) is 18.2 Å². The normalized spacial score (nSPS) is 25.3. The Hall–Kier alpha value is -0.580. The van der Waals surface area contributed by atoms with Crippen molar-refractivity contribution in [2.75, 3.05) is 11.5 Å². The third-order valence-corrected chi connectivity index (χ3v) is 5.37. The quantitative estimate of drug-likeness (QED) is 0.890. The molecule has 16 heavy (non-hydrogen) atoms. The van der Waals surface area contributed by atoms with E-state index in [9.17, 15) is 0 Å². The smallest absolute Gasteiger partial charge is 0.0942 e. The minimum atomic E-state index is 0.358. The van der Waals surface area contributed by atoms with E-state index < -0.39 is 0 Å². The van der Waals surface area contributed by atoms with Crippen LogP contribution in [-0.4, -0.2) is 22.5 Å². The average molecular weight is 250 g/mol. The fourth-order valence-electron chi connectivity index (χ4n) is 2.06. The van der Waals surface area contributed by atoms with Gasteiger partial charge in [0.05, 0.1) is 15.2 Å². The lowest BCUT2D eigenvalue weighted by Crippen LogP contribution is -2.29. The zero-order valence-electron chi connectivity index (χ0n) is 8.93. The summed E-state index contributed by atoms with van der Waals surface area (Å²) in [6.07, 6.45) is 1.05. The van der Waals surface area contributed by atoms with Gasteiger partial charge in [-0.1, -0.05) is 12.1 Å². The molecule has 0 bridgehead atoms. The Balaban J connectivity index is 1.83. The largest absolute Gasteiger partial charge is 0.327 e. The second kappa shape index (κ2) is 4.35. The standard InChI is InChI=1S/C12H14N2S2/c13-9-7-15-6-8(9)5-12-14-10-3-1-2-4-11(10)16-12/h1-4,8-9H,5-7,13H2. The third kappa shape index (κ3) is 1.97. The number of nitrogens with two attached hydrogens (primary N) is 1. The Morgan fingerprint density at radius 1 is 1.31 bits per heavy atom. The molecule has 2 N–H and O–H groups in total. The van der Waals surface area contributed by atoms with Crippen molar-refractivity contribution in [3.63, 3.8) is 0 Å². The van der Waals surface area contributed by atoms with Crippen molar-refractivity contribution >= 4 is 33.3 Å². The number of hydrogen-bond acceptors (Lipinski definition) is 4. The van der Waals surface area contributed by atoms with Crippen LogP contribution in [0.4, 0.5) is 0 Å². The number of thioether (sulfide) groups is 1. The second-order valence-electron chi connectivity index (χ2n) is 4.24. The molecule has 0 amide bonds. The van der Waals surface area contributed by atoms with E-state index >= 15 is 0 Å². The Labute approximate surface area is 103 Å². The van der Waals surface area contributed by atoms with Crippen LogP contribution >= 0.6 is 23.1 Å². The van der Waals surface area contributed by atoms with Crippen LogP contribution in [0, 0.1) is 5.92 Å². The number of rotatable bonds is 2. The molecule has 2 heterocycles. The number of para-hydroxylation sites is 1. The Bertz CT molecular complexity index is 461. The highest BCUT2D eigenvalue weighted by Crippen LogP contribution is 2.29. The van der Waals surface area contributed by atoms with E-state index in [1.54, 1.807) is 0 Å². The van der Waals surface area contributed by atoms with Crippen molar-refractivity contribution in [1.29, 1.82) is 0 Å². The SMILES string of the molecule is NC1CSCC1Cc1nc2ccccc2s1. The van der Waals surface area contributed by atoms with Crippen molar-refractivity contribution in [2.45, 2.75) is 12.5 Å². The van der Waals surface area contributed by atoms with Crippen LogP contribution in [0.15, 0.2) is 24.3 Å². The van der Waals surface area contributed by atoms with E-state index in [0.717, 1.165) is 17.7 Å².